The van der Waals surface area contributed by atoms with Gasteiger partial charge in [-0.1, -0.05) is 0 Å². The molecule has 0 aliphatic rings. The number of carbonyl (C=O) groups excluding carboxylic acids is 3. The van der Waals surface area contributed by atoms with Crippen molar-refractivity contribution >= 4 is 29.7 Å². The van der Waals surface area contributed by atoms with E-state index in [-0.39, 0.29) is 28.3 Å². The van der Waals surface area contributed by atoms with Crippen LogP contribution in [0.15, 0.2) is 36.7 Å². The lowest BCUT2D eigenvalue weighted by molar-refractivity contribution is 0.102. The van der Waals surface area contributed by atoms with Crippen molar-refractivity contribution in [3.05, 3.63) is 53.5 Å². The van der Waals surface area contributed by atoms with Gasteiger partial charge in [0.25, 0.3) is 5.91 Å². The SMILES string of the molecule is Cn1nc(-c2cc(NC(N)=O)ccn2)c(C=O)c1NC(=O)c1ccnc(C#N)c1. The first kappa shape index (κ1) is 19.2. The van der Waals surface area contributed by atoms with Crippen molar-refractivity contribution < 1.29 is 14.4 Å². The molecule has 0 aliphatic carbocycles. The Morgan fingerprint density at radius 1 is 1.21 bits per heavy atom. The fourth-order valence-corrected chi connectivity index (χ4v) is 2.58. The maximum Gasteiger partial charge on any atom is 0.316 e. The van der Waals surface area contributed by atoms with Gasteiger partial charge in [0.15, 0.2) is 6.29 Å². The second-order valence-corrected chi connectivity index (χ2v) is 5.77. The predicted molar refractivity (Wildman–Crippen MR) is 102 cm³/mol. The van der Waals surface area contributed by atoms with Crippen LogP contribution in [0.25, 0.3) is 11.4 Å². The van der Waals surface area contributed by atoms with Gasteiger partial charge in [0.2, 0.25) is 0 Å². The van der Waals surface area contributed by atoms with E-state index in [4.69, 9.17) is 11.0 Å². The van der Waals surface area contributed by atoms with Gasteiger partial charge >= 0.3 is 6.03 Å². The van der Waals surface area contributed by atoms with Gasteiger partial charge in [0.05, 0.1) is 11.3 Å². The molecule has 0 atom stereocenters. The number of aromatic nitrogens is 4. The topological polar surface area (TPSA) is 169 Å². The zero-order valence-corrected chi connectivity index (χ0v) is 15.1. The van der Waals surface area contributed by atoms with Crippen LogP contribution in [0, 0.1) is 11.3 Å². The molecule has 0 saturated heterocycles. The number of nitriles is 1. The first-order valence-corrected chi connectivity index (χ1v) is 8.15. The number of primary amides is 1. The van der Waals surface area contributed by atoms with Crippen LogP contribution < -0.4 is 16.4 Å². The number of rotatable bonds is 5. The highest BCUT2D eigenvalue weighted by Gasteiger charge is 2.21. The number of nitrogens with zero attached hydrogens (tertiary/aromatic N) is 5. The standard InChI is InChI=1S/C18H14N8O3/c1-26-16(24-17(28)10-2-4-21-12(6-10)8-19)13(9-27)15(25-26)14-7-11(3-5-22-14)23-18(20)29/h2-7,9H,1H3,(H,24,28)(H3,20,22,23,29). The third kappa shape index (κ3) is 4.06. The molecule has 3 amide bonds. The van der Waals surface area contributed by atoms with Gasteiger partial charge in [-0.2, -0.15) is 10.4 Å². The summed E-state index contributed by atoms with van der Waals surface area (Å²) in [4.78, 5) is 43.3. The number of hydrogen-bond donors (Lipinski definition) is 3. The molecule has 3 aromatic rings. The minimum atomic E-state index is -0.749. The van der Waals surface area contributed by atoms with Gasteiger partial charge < -0.3 is 16.4 Å². The van der Waals surface area contributed by atoms with Crippen LogP contribution in [0.1, 0.15) is 26.4 Å². The summed E-state index contributed by atoms with van der Waals surface area (Å²) in [5, 5.41) is 18.2. The predicted octanol–water partition coefficient (Wildman–Crippen LogP) is 1.30. The van der Waals surface area contributed by atoms with Gasteiger partial charge in [-0.05, 0) is 24.3 Å². The molecule has 0 fully saturated rings. The summed E-state index contributed by atoms with van der Waals surface area (Å²) in [5.74, 6) is -0.399. The van der Waals surface area contributed by atoms with Crippen molar-refractivity contribution in [2.45, 2.75) is 0 Å². The monoisotopic (exact) mass is 390 g/mol. The summed E-state index contributed by atoms with van der Waals surface area (Å²) < 4.78 is 1.32. The number of amides is 3. The summed E-state index contributed by atoms with van der Waals surface area (Å²) in [5.41, 5.74) is 6.36. The Balaban J connectivity index is 1.97. The highest BCUT2D eigenvalue weighted by molar-refractivity contribution is 6.07. The van der Waals surface area contributed by atoms with Crippen LogP contribution in [-0.4, -0.2) is 38.0 Å². The molecule has 3 aromatic heterocycles. The fraction of sp³-hybridized carbons (Fsp3) is 0.0556. The summed E-state index contributed by atoms with van der Waals surface area (Å²) in [6, 6.07) is 6.89. The Labute approximate surface area is 164 Å². The quantitative estimate of drug-likeness (QED) is 0.551. The smallest absolute Gasteiger partial charge is 0.316 e. The van der Waals surface area contributed by atoms with Crippen molar-refractivity contribution in [3.8, 4) is 17.5 Å². The van der Waals surface area contributed by atoms with E-state index >= 15 is 0 Å². The molecule has 3 heterocycles. The van der Waals surface area contributed by atoms with Crippen molar-refractivity contribution in [1.29, 1.82) is 5.26 Å². The number of aryl methyl sites for hydroxylation is 1. The second-order valence-electron chi connectivity index (χ2n) is 5.77. The van der Waals surface area contributed by atoms with Crippen molar-refractivity contribution in [1.82, 2.24) is 19.7 Å². The maximum absolute atomic E-state index is 12.5. The highest BCUT2D eigenvalue weighted by Crippen LogP contribution is 2.27. The van der Waals surface area contributed by atoms with Crippen molar-refractivity contribution in [2.75, 3.05) is 10.6 Å². The molecule has 29 heavy (non-hydrogen) atoms. The molecule has 0 bridgehead atoms. The van der Waals surface area contributed by atoms with E-state index in [1.54, 1.807) is 7.05 Å². The average Bonchev–Trinajstić information content (AvgIpc) is 3.03. The number of hydrogen-bond acceptors (Lipinski definition) is 7. The molecule has 0 aliphatic heterocycles. The zero-order chi connectivity index (χ0) is 21.0. The van der Waals surface area contributed by atoms with E-state index in [0.717, 1.165) is 0 Å². The molecule has 144 valence electrons. The van der Waals surface area contributed by atoms with E-state index in [2.05, 4.69) is 25.7 Å². The largest absolute Gasteiger partial charge is 0.351 e. The number of nitrogens with two attached hydrogens (primary N) is 1. The lowest BCUT2D eigenvalue weighted by atomic mass is 10.1. The summed E-state index contributed by atoms with van der Waals surface area (Å²) in [6.07, 6.45) is 3.30. The van der Waals surface area contributed by atoms with Crippen LogP contribution in [-0.2, 0) is 7.05 Å². The van der Waals surface area contributed by atoms with Crippen LogP contribution in [0.2, 0.25) is 0 Å². The Morgan fingerprint density at radius 2 is 1.97 bits per heavy atom. The maximum atomic E-state index is 12.5. The van der Waals surface area contributed by atoms with E-state index in [1.165, 1.54) is 41.3 Å². The summed E-state index contributed by atoms with van der Waals surface area (Å²) >= 11 is 0. The Kier molecular flexibility index (Phi) is 5.27. The summed E-state index contributed by atoms with van der Waals surface area (Å²) in [7, 11) is 1.55. The fourth-order valence-electron chi connectivity index (χ4n) is 2.58. The Bertz CT molecular complexity index is 1160. The first-order valence-electron chi connectivity index (χ1n) is 8.15. The van der Waals surface area contributed by atoms with E-state index in [9.17, 15) is 14.4 Å². The molecule has 3 rings (SSSR count). The third-order valence-electron chi connectivity index (χ3n) is 3.84. The number of anilines is 2. The molecular formula is C18H14N8O3. The number of nitrogens with one attached hydrogen (secondary N) is 2. The molecule has 4 N–H and O–H groups in total. The van der Waals surface area contributed by atoms with E-state index < -0.39 is 11.9 Å². The van der Waals surface area contributed by atoms with Crippen LogP contribution in [0.5, 0.6) is 0 Å². The second kappa shape index (κ2) is 7.97. The lowest BCUT2D eigenvalue weighted by Crippen LogP contribution is -2.19. The molecular weight excluding hydrogens is 376 g/mol. The van der Waals surface area contributed by atoms with Crippen LogP contribution in [0.3, 0.4) is 0 Å². The van der Waals surface area contributed by atoms with Gasteiger partial charge in [-0.15, -0.1) is 0 Å². The average molecular weight is 390 g/mol. The third-order valence-corrected chi connectivity index (χ3v) is 3.84. The highest BCUT2D eigenvalue weighted by atomic mass is 16.2. The number of pyridine rings is 2. The number of carbonyl (C=O) groups is 3. The lowest BCUT2D eigenvalue weighted by Gasteiger charge is -2.06. The molecule has 0 aromatic carbocycles. The Hall–Kier alpha value is -4.59. The normalized spacial score (nSPS) is 10.1. The van der Waals surface area contributed by atoms with E-state index in [0.29, 0.717) is 17.7 Å². The van der Waals surface area contributed by atoms with E-state index in [1.807, 2.05) is 6.07 Å². The van der Waals surface area contributed by atoms with Gasteiger partial charge in [0, 0.05) is 30.7 Å². The number of aldehydes is 1. The Morgan fingerprint density at radius 3 is 2.66 bits per heavy atom. The minimum absolute atomic E-state index is 0.0851. The summed E-state index contributed by atoms with van der Waals surface area (Å²) in [6.45, 7) is 0. The molecule has 0 saturated carbocycles. The molecule has 0 unspecified atom stereocenters. The van der Waals surface area contributed by atoms with Gasteiger partial charge in [-0.3, -0.25) is 19.3 Å². The molecule has 11 heteroatoms. The van der Waals surface area contributed by atoms with Gasteiger partial charge in [-0.25, -0.2) is 9.78 Å². The van der Waals surface area contributed by atoms with Crippen LogP contribution >= 0.6 is 0 Å². The van der Waals surface area contributed by atoms with Gasteiger partial charge in [0.1, 0.15) is 23.3 Å². The van der Waals surface area contributed by atoms with Crippen molar-refractivity contribution in [2.24, 2.45) is 12.8 Å². The first-order chi connectivity index (χ1) is 13.9. The molecule has 11 nitrogen and oxygen atoms in total. The molecule has 0 radical (unpaired) electrons. The zero-order valence-electron chi connectivity index (χ0n) is 15.1. The molecule has 0 spiro atoms. The number of urea groups is 1. The van der Waals surface area contributed by atoms with Crippen molar-refractivity contribution in [3.63, 3.8) is 0 Å². The van der Waals surface area contributed by atoms with Crippen LogP contribution in [0.4, 0.5) is 16.3 Å². The minimum Gasteiger partial charge on any atom is -0.351 e.